The zero-order chi connectivity index (χ0) is 11.1. The zero-order valence-corrected chi connectivity index (χ0v) is 10.8. The van der Waals surface area contributed by atoms with Gasteiger partial charge in [-0.05, 0) is 25.3 Å². The van der Waals surface area contributed by atoms with Crippen LogP contribution in [-0.2, 0) is 6.42 Å². The standard InChI is InChI=1S/C12H22N2S/c1-4-5-11(7-13-10(2)3)6-12-8-15-9-14-12/h8-11,13H,4-7H2,1-3H3. The lowest BCUT2D eigenvalue weighted by molar-refractivity contribution is 0.416. The summed E-state index contributed by atoms with van der Waals surface area (Å²) in [5, 5.41) is 5.68. The van der Waals surface area contributed by atoms with E-state index in [2.05, 4.69) is 36.5 Å². The smallest absolute Gasteiger partial charge is 0.0794 e. The first-order valence-corrected chi connectivity index (χ1v) is 6.77. The average Bonchev–Trinajstić information content (AvgIpc) is 2.67. The van der Waals surface area contributed by atoms with E-state index < -0.39 is 0 Å². The SMILES string of the molecule is CCCC(CNC(C)C)Cc1cscn1. The van der Waals surface area contributed by atoms with E-state index in [1.807, 2.05) is 5.51 Å². The minimum atomic E-state index is 0.583. The lowest BCUT2D eigenvalue weighted by Crippen LogP contribution is -2.30. The third kappa shape index (κ3) is 5.28. The van der Waals surface area contributed by atoms with E-state index in [1.54, 1.807) is 11.3 Å². The molecule has 0 saturated heterocycles. The second-order valence-corrected chi connectivity index (χ2v) is 5.12. The molecule has 86 valence electrons. The second kappa shape index (κ2) is 6.96. The maximum atomic E-state index is 4.36. The van der Waals surface area contributed by atoms with Gasteiger partial charge in [-0.2, -0.15) is 0 Å². The molecule has 0 aromatic carbocycles. The van der Waals surface area contributed by atoms with Crippen molar-refractivity contribution in [3.05, 3.63) is 16.6 Å². The molecule has 1 rings (SSSR count). The first-order valence-electron chi connectivity index (χ1n) is 5.82. The highest BCUT2D eigenvalue weighted by Crippen LogP contribution is 2.13. The highest BCUT2D eigenvalue weighted by Gasteiger charge is 2.10. The summed E-state index contributed by atoms with van der Waals surface area (Å²) in [5.74, 6) is 0.736. The molecule has 0 spiro atoms. The third-order valence-corrected chi connectivity index (χ3v) is 3.13. The predicted octanol–water partition coefficient (Wildman–Crippen LogP) is 3.10. The number of rotatable bonds is 7. The maximum Gasteiger partial charge on any atom is 0.0794 e. The zero-order valence-electron chi connectivity index (χ0n) is 9.99. The van der Waals surface area contributed by atoms with Crippen LogP contribution in [0.1, 0.15) is 39.3 Å². The van der Waals surface area contributed by atoms with Crippen LogP contribution in [-0.4, -0.2) is 17.6 Å². The van der Waals surface area contributed by atoms with Crippen molar-refractivity contribution in [2.24, 2.45) is 5.92 Å². The predicted molar refractivity (Wildman–Crippen MR) is 67.4 cm³/mol. The molecule has 1 aromatic heterocycles. The van der Waals surface area contributed by atoms with Gasteiger partial charge in [0.05, 0.1) is 11.2 Å². The average molecular weight is 226 g/mol. The van der Waals surface area contributed by atoms with E-state index in [0.29, 0.717) is 6.04 Å². The normalized spacial score (nSPS) is 13.3. The molecular formula is C12H22N2S. The van der Waals surface area contributed by atoms with Crippen LogP contribution < -0.4 is 5.32 Å². The number of nitrogens with zero attached hydrogens (tertiary/aromatic N) is 1. The Kier molecular flexibility index (Phi) is 5.88. The Morgan fingerprint density at radius 2 is 2.27 bits per heavy atom. The van der Waals surface area contributed by atoms with Crippen molar-refractivity contribution in [1.29, 1.82) is 0 Å². The summed E-state index contributed by atoms with van der Waals surface area (Å²) < 4.78 is 0. The molecule has 0 saturated carbocycles. The van der Waals surface area contributed by atoms with Crippen LogP contribution in [0.2, 0.25) is 0 Å². The van der Waals surface area contributed by atoms with Crippen molar-refractivity contribution in [3.63, 3.8) is 0 Å². The quantitative estimate of drug-likeness (QED) is 0.773. The Morgan fingerprint density at radius 3 is 2.80 bits per heavy atom. The Morgan fingerprint density at radius 1 is 1.47 bits per heavy atom. The van der Waals surface area contributed by atoms with Crippen molar-refractivity contribution in [2.75, 3.05) is 6.54 Å². The lowest BCUT2D eigenvalue weighted by atomic mass is 9.98. The Hall–Kier alpha value is -0.410. The summed E-state index contributed by atoms with van der Waals surface area (Å²) >= 11 is 1.69. The molecule has 0 radical (unpaired) electrons. The van der Waals surface area contributed by atoms with E-state index in [0.717, 1.165) is 18.9 Å². The Labute approximate surface area is 97.1 Å². The highest BCUT2D eigenvalue weighted by atomic mass is 32.1. The molecule has 1 aromatic rings. The topological polar surface area (TPSA) is 24.9 Å². The minimum absolute atomic E-state index is 0.583. The third-order valence-electron chi connectivity index (χ3n) is 2.49. The Bertz CT molecular complexity index is 244. The van der Waals surface area contributed by atoms with Crippen LogP contribution in [0.4, 0.5) is 0 Å². The fraction of sp³-hybridized carbons (Fsp3) is 0.750. The summed E-state index contributed by atoms with van der Waals surface area (Å²) in [6, 6.07) is 0.583. The highest BCUT2D eigenvalue weighted by molar-refractivity contribution is 7.07. The summed E-state index contributed by atoms with van der Waals surface area (Å²) in [4.78, 5) is 4.36. The first-order chi connectivity index (χ1) is 7.22. The molecule has 1 atom stereocenters. The van der Waals surface area contributed by atoms with Crippen molar-refractivity contribution >= 4 is 11.3 Å². The number of aromatic nitrogens is 1. The van der Waals surface area contributed by atoms with E-state index in [-0.39, 0.29) is 0 Å². The van der Waals surface area contributed by atoms with Gasteiger partial charge in [-0.15, -0.1) is 11.3 Å². The van der Waals surface area contributed by atoms with E-state index in [9.17, 15) is 0 Å². The van der Waals surface area contributed by atoms with E-state index in [4.69, 9.17) is 0 Å². The van der Waals surface area contributed by atoms with Gasteiger partial charge in [0.1, 0.15) is 0 Å². The van der Waals surface area contributed by atoms with Gasteiger partial charge in [0, 0.05) is 11.4 Å². The van der Waals surface area contributed by atoms with Crippen LogP contribution in [0.5, 0.6) is 0 Å². The first kappa shape index (κ1) is 12.7. The van der Waals surface area contributed by atoms with Gasteiger partial charge in [0.25, 0.3) is 0 Å². The van der Waals surface area contributed by atoms with Crippen molar-refractivity contribution in [1.82, 2.24) is 10.3 Å². The van der Waals surface area contributed by atoms with Crippen molar-refractivity contribution < 1.29 is 0 Å². The molecule has 0 fully saturated rings. The van der Waals surface area contributed by atoms with Crippen LogP contribution >= 0.6 is 11.3 Å². The fourth-order valence-corrected chi connectivity index (χ4v) is 2.29. The molecule has 0 aliphatic carbocycles. The molecule has 0 bridgehead atoms. The van der Waals surface area contributed by atoms with Gasteiger partial charge in [-0.1, -0.05) is 27.2 Å². The summed E-state index contributed by atoms with van der Waals surface area (Å²) in [7, 11) is 0. The molecular weight excluding hydrogens is 204 g/mol. The molecule has 1 N–H and O–H groups in total. The van der Waals surface area contributed by atoms with Crippen LogP contribution in [0, 0.1) is 5.92 Å². The van der Waals surface area contributed by atoms with Gasteiger partial charge >= 0.3 is 0 Å². The molecule has 3 heteroatoms. The number of hydrogen-bond acceptors (Lipinski definition) is 3. The van der Waals surface area contributed by atoms with Gasteiger partial charge in [0.2, 0.25) is 0 Å². The fourth-order valence-electron chi connectivity index (χ4n) is 1.72. The largest absolute Gasteiger partial charge is 0.314 e. The maximum absolute atomic E-state index is 4.36. The second-order valence-electron chi connectivity index (χ2n) is 4.40. The number of nitrogens with one attached hydrogen (secondary N) is 1. The number of hydrogen-bond donors (Lipinski definition) is 1. The molecule has 0 amide bonds. The minimum Gasteiger partial charge on any atom is -0.314 e. The van der Waals surface area contributed by atoms with Crippen LogP contribution in [0.25, 0.3) is 0 Å². The van der Waals surface area contributed by atoms with Crippen LogP contribution in [0.15, 0.2) is 10.9 Å². The molecule has 1 unspecified atom stereocenters. The molecule has 2 nitrogen and oxygen atoms in total. The Balaban J connectivity index is 2.36. The van der Waals surface area contributed by atoms with E-state index >= 15 is 0 Å². The summed E-state index contributed by atoms with van der Waals surface area (Å²) in [6.45, 7) is 7.77. The van der Waals surface area contributed by atoms with Gasteiger partial charge in [-0.25, -0.2) is 4.98 Å². The van der Waals surface area contributed by atoms with Crippen molar-refractivity contribution in [2.45, 2.75) is 46.1 Å². The number of thiazole rings is 1. The van der Waals surface area contributed by atoms with Gasteiger partial charge in [-0.3, -0.25) is 0 Å². The van der Waals surface area contributed by atoms with Gasteiger partial charge < -0.3 is 5.32 Å². The monoisotopic (exact) mass is 226 g/mol. The van der Waals surface area contributed by atoms with E-state index in [1.165, 1.54) is 18.5 Å². The van der Waals surface area contributed by atoms with Gasteiger partial charge in [0.15, 0.2) is 0 Å². The molecule has 0 aliphatic rings. The molecule has 0 aliphatic heterocycles. The van der Waals surface area contributed by atoms with Crippen LogP contribution in [0.3, 0.4) is 0 Å². The molecule has 15 heavy (non-hydrogen) atoms. The molecule has 1 heterocycles. The summed E-state index contributed by atoms with van der Waals surface area (Å²) in [6.07, 6.45) is 3.67. The lowest BCUT2D eigenvalue weighted by Gasteiger charge is -2.17. The van der Waals surface area contributed by atoms with Crippen molar-refractivity contribution in [3.8, 4) is 0 Å². The summed E-state index contributed by atoms with van der Waals surface area (Å²) in [5.41, 5.74) is 3.18.